The molecule has 6 unspecified atom stereocenters. The van der Waals surface area contributed by atoms with Gasteiger partial charge in [0, 0.05) is 11.6 Å². The SMILES string of the molecule is C=C(C)C.CC.CC.CC(=N)C1CCC2C3CCC4=CCCCC4(C)C3CCC12C.CCCN. The topological polar surface area (TPSA) is 49.9 Å². The highest BCUT2D eigenvalue weighted by Crippen LogP contribution is 2.66. The second-order valence-corrected chi connectivity index (χ2v) is 11.3. The van der Waals surface area contributed by atoms with E-state index in [0.29, 0.717) is 16.7 Å². The summed E-state index contributed by atoms with van der Waals surface area (Å²) in [6.07, 6.45) is 16.2. The molecule has 0 heterocycles. The van der Waals surface area contributed by atoms with Crippen molar-refractivity contribution in [3.05, 3.63) is 23.8 Å². The molecule has 4 aliphatic rings. The molecule has 0 aromatic carbocycles. The quantitative estimate of drug-likeness (QED) is 0.303. The number of hydrogen-bond acceptors (Lipinski definition) is 2. The molecule has 0 radical (unpaired) electrons. The summed E-state index contributed by atoms with van der Waals surface area (Å²) < 4.78 is 0. The van der Waals surface area contributed by atoms with Gasteiger partial charge in [-0.15, -0.1) is 6.58 Å². The van der Waals surface area contributed by atoms with E-state index in [9.17, 15) is 0 Å². The summed E-state index contributed by atoms with van der Waals surface area (Å²) in [7, 11) is 0. The highest BCUT2D eigenvalue weighted by Gasteiger charge is 2.58. The van der Waals surface area contributed by atoms with Crippen LogP contribution >= 0.6 is 0 Å². The first-order valence-electron chi connectivity index (χ1n) is 14.7. The van der Waals surface area contributed by atoms with E-state index in [4.69, 9.17) is 11.1 Å². The molecule has 6 atom stereocenters. The molecule has 0 aromatic rings. The summed E-state index contributed by atoms with van der Waals surface area (Å²) in [6, 6.07) is 0. The largest absolute Gasteiger partial charge is 0.330 e. The summed E-state index contributed by atoms with van der Waals surface area (Å²) in [5.74, 6) is 3.37. The zero-order valence-electron chi connectivity index (χ0n) is 24.9. The zero-order valence-corrected chi connectivity index (χ0v) is 24.9. The van der Waals surface area contributed by atoms with E-state index in [0.717, 1.165) is 36.4 Å². The van der Waals surface area contributed by atoms with Gasteiger partial charge in [-0.3, -0.25) is 0 Å². The monoisotopic (exact) mass is 474 g/mol. The molecule has 2 heteroatoms. The smallest absolute Gasteiger partial charge is 0.00946 e. The van der Waals surface area contributed by atoms with Crippen LogP contribution in [0.1, 0.15) is 133 Å². The Bertz CT molecular complexity index is 627. The number of nitrogens with one attached hydrogen (secondary N) is 1. The van der Waals surface area contributed by atoms with Crippen LogP contribution in [0.2, 0.25) is 0 Å². The Hall–Kier alpha value is -0.890. The summed E-state index contributed by atoms with van der Waals surface area (Å²) in [6.45, 7) is 25.6. The van der Waals surface area contributed by atoms with Crippen molar-refractivity contribution in [1.82, 2.24) is 0 Å². The average molecular weight is 475 g/mol. The van der Waals surface area contributed by atoms with Gasteiger partial charge in [-0.25, -0.2) is 0 Å². The predicted octanol–water partition coefficient (Wildman–Crippen LogP) is 9.99. The van der Waals surface area contributed by atoms with E-state index >= 15 is 0 Å². The Morgan fingerprint density at radius 1 is 1.00 bits per heavy atom. The van der Waals surface area contributed by atoms with Gasteiger partial charge in [0.25, 0.3) is 0 Å². The third-order valence-corrected chi connectivity index (χ3v) is 8.84. The first kappa shape index (κ1) is 33.1. The molecule has 0 amide bonds. The molecule has 3 fully saturated rings. The van der Waals surface area contributed by atoms with Crippen molar-refractivity contribution >= 4 is 5.71 Å². The standard InChI is InChI=1S/C21H33N.C4H8.C3H9N.2C2H6/c1-14(22)17-9-10-18-16-8-7-15-6-4-5-12-20(15,2)19(16)11-13-21(17,18)3;1-4(2)3;1-2-3-4;2*1-2/h6,16-19,22H,4-5,7-13H2,1-3H3;1H2,2-3H3;2-4H2,1H3;2*1-2H3. The molecule has 3 saturated carbocycles. The van der Waals surface area contributed by atoms with Crippen LogP contribution in [0.5, 0.6) is 0 Å². The van der Waals surface area contributed by atoms with E-state index in [1.807, 2.05) is 47.1 Å². The van der Waals surface area contributed by atoms with Crippen LogP contribution in [0.3, 0.4) is 0 Å². The molecule has 0 saturated heterocycles. The van der Waals surface area contributed by atoms with Crippen molar-refractivity contribution in [2.24, 2.45) is 40.2 Å². The lowest BCUT2D eigenvalue weighted by molar-refractivity contribution is -0.0431. The normalized spacial score (nSPS) is 34.7. The minimum absolute atomic E-state index is 0.444. The molecular weight excluding hydrogens is 412 g/mol. The average Bonchev–Trinajstić information content (AvgIpc) is 3.18. The van der Waals surface area contributed by atoms with Gasteiger partial charge < -0.3 is 11.1 Å². The van der Waals surface area contributed by atoms with Crippen molar-refractivity contribution < 1.29 is 0 Å². The van der Waals surface area contributed by atoms with Crippen LogP contribution < -0.4 is 5.73 Å². The van der Waals surface area contributed by atoms with E-state index in [1.165, 1.54) is 63.4 Å². The second-order valence-electron chi connectivity index (χ2n) is 11.3. The van der Waals surface area contributed by atoms with Gasteiger partial charge in [-0.05, 0) is 120 Å². The van der Waals surface area contributed by atoms with Crippen molar-refractivity contribution in [2.75, 3.05) is 6.54 Å². The maximum absolute atomic E-state index is 8.25. The maximum Gasteiger partial charge on any atom is 0.00946 e. The van der Waals surface area contributed by atoms with E-state index < -0.39 is 0 Å². The van der Waals surface area contributed by atoms with Crippen LogP contribution in [-0.2, 0) is 0 Å². The Balaban J connectivity index is 0.000000774. The number of allylic oxidation sites excluding steroid dienone is 3. The highest BCUT2D eigenvalue weighted by molar-refractivity contribution is 5.82. The second kappa shape index (κ2) is 16.0. The molecule has 34 heavy (non-hydrogen) atoms. The Morgan fingerprint density at radius 3 is 2.06 bits per heavy atom. The molecule has 0 spiro atoms. The molecule has 3 N–H and O–H groups in total. The fourth-order valence-electron chi connectivity index (χ4n) is 7.47. The lowest BCUT2D eigenvalue weighted by Gasteiger charge is -2.58. The third-order valence-electron chi connectivity index (χ3n) is 8.84. The van der Waals surface area contributed by atoms with Gasteiger partial charge in [-0.1, -0.05) is 65.7 Å². The van der Waals surface area contributed by atoms with Crippen molar-refractivity contribution in [3.8, 4) is 0 Å². The molecule has 0 aromatic heterocycles. The first-order valence-corrected chi connectivity index (χ1v) is 14.7. The lowest BCUT2D eigenvalue weighted by Crippen LogP contribution is -2.50. The highest BCUT2D eigenvalue weighted by atomic mass is 14.6. The van der Waals surface area contributed by atoms with Gasteiger partial charge in [0.2, 0.25) is 0 Å². The molecule has 4 aliphatic carbocycles. The first-order chi connectivity index (χ1) is 16.1. The predicted molar refractivity (Wildman–Crippen MR) is 156 cm³/mol. The summed E-state index contributed by atoms with van der Waals surface area (Å²) in [5, 5.41) is 8.25. The van der Waals surface area contributed by atoms with Crippen molar-refractivity contribution in [1.29, 1.82) is 5.41 Å². The molecular formula is C32H62N2. The molecule has 200 valence electrons. The van der Waals surface area contributed by atoms with Crippen LogP contribution in [0.4, 0.5) is 0 Å². The summed E-state index contributed by atoms with van der Waals surface area (Å²) >= 11 is 0. The van der Waals surface area contributed by atoms with Gasteiger partial charge in [0.05, 0.1) is 0 Å². The van der Waals surface area contributed by atoms with Gasteiger partial charge in [-0.2, -0.15) is 0 Å². The Kier molecular flexibility index (Phi) is 15.6. The summed E-state index contributed by atoms with van der Waals surface area (Å²) in [5.41, 5.74) is 9.95. The number of nitrogens with two attached hydrogens (primary N) is 1. The Labute approximate surface area is 215 Å². The van der Waals surface area contributed by atoms with Crippen LogP contribution in [0, 0.1) is 39.9 Å². The number of hydrogen-bond donors (Lipinski definition) is 2. The molecule has 4 rings (SSSR count). The molecule has 0 bridgehead atoms. The van der Waals surface area contributed by atoms with Crippen LogP contribution in [0.25, 0.3) is 0 Å². The summed E-state index contributed by atoms with van der Waals surface area (Å²) in [4.78, 5) is 0. The number of rotatable bonds is 2. The van der Waals surface area contributed by atoms with E-state index in [1.54, 1.807) is 0 Å². The minimum atomic E-state index is 0.444. The Morgan fingerprint density at radius 2 is 1.56 bits per heavy atom. The van der Waals surface area contributed by atoms with Crippen molar-refractivity contribution in [3.63, 3.8) is 0 Å². The fraction of sp³-hybridized carbons (Fsp3) is 0.844. The van der Waals surface area contributed by atoms with Gasteiger partial charge >= 0.3 is 0 Å². The van der Waals surface area contributed by atoms with E-state index in [2.05, 4.69) is 40.3 Å². The maximum atomic E-state index is 8.25. The van der Waals surface area contributed by atoms with Gasteiger partial charge in [0.15, 0.2) is 0 Å². The zero-order chi connectivity index (χ0) is 26.5. The van der Waals surface area contributed by atoms with Gasteiger partial charge in [0.1, 0.15) is 0 Å². The van der Waals surface area contributed by atoms with Crippen LogP contribution in [-0.4, -0.2) is 12.3 Å². The molecule has 0 aliphatic heterocycles. The lowest BCUT2D eigenvalue weighted by atomic mass is 9.47. The number of fused-ring (bicyclic) bond motifs is 5. The third kappa shape index (κ3) is 7.81. The molecule has 2 nitrogen and oxygen atoms in total. The van der Waals surface area contributed by atoms with E-state index in [-0.39, 0.29) is 0 Å². The fourth-order valence-corrected chi connectivity index (χ4v) is 7.47. The van der Waals surface area contributed by atoms with Crippen LogP contribution in [0.15, 0.2) is 23.8 Å². The minimum Gasteiger partial charge on any atom is -0.330 e. The van der Waals surface area contributed by atoms with Crippen molar-refractivity contribution in [2.45, 2.75) is 133 Å².